The molecule has 0 unspecified atom stereocenters. The number of hydrogen-bond donors (Lipinski definition) is 3. The lowest BCUT2D eigenvalue weighted by Gasteiger charge is -2.04. The van der Waals surface area contributed by atoms with Crippen LogP contribution in [0.4, 0.5) is 17.3 Å². The molecule has 0 aliphatic heterocycles. The van der Waals surface area contributed by atoms with Crippen LogP contribution >= 0.6 is 0 Å². The van der Waals surface area contributed by atoms with E-state index in [1.54, 1.807) is 0 Å². The van der Waals surface area contributed by atoms with Gasteiger partial charge in [-0.1, -0.05) is 0 Å². The third-order valence-electron chi connectivity index (χ3n) is 1.68. The van der Waals surface area contributed by atoms with Crippen LogP contribution in [0.25, 0.3) is 0 Å². The number of nitrogens with zero attached hydrogens (tertiary/aromatic N) is 2. The quantitative estimate of drug-likeness (QED) is 0.369. The van der Waals surface area contributed by atoms with Gasteiger partial charge in [-0.15, -0.1) is 0 Å². The number of aliphatic hydroxyl groups is 1. The van der Waals surface area contributed by atoms with Crippen molar-refractivity contribution in [2.24, 2.45) is 0 Å². The van der Waals surface area contributed by atoms with Crippen LogP contribution in [0.2, 0.25) is 0 Å². The summed E-state index contributed by atoms with van der Waals surface area (Å²) in [5.41, 5.74) is 5.29. The van der Waals surface area contributed by atoms with Crippen molar-refractivity contribution in [3.63, 3.8) is 0 Å². The summed E-state index contributed by atoms with van der Waals surface area (Å²) in [4.78, 5) is 13.8. The van der Waals surface area contributed by atoms with E-state index < -0.39 is 4.92 Å². The minimum atomic E-state index is -0.532. The summed E-state index contributed by atoms with van der Waals surface area (Å²) in [6, 6.07) is 2.49. The maximum absolute atomic E-state index is 10.5. The van der Waals surface area contributed by atoms with E-state index in [1.165, 1.54) is 12.1 Å². The average molecular weight is 212 g/mol. The van der Waals surface area contributed by atoms with Gasteiger partial charge in [0, 0.05) is 13.2 Å². The first-order valence-corrected chi connectivity index (χ1v) is 4.40. The van der Waals surface area contributed by atoms with Gasteiger partial charge in [-0.3, -0.25) is 10.1 Å². The summed E-state index contributed by atoms with van der Waals surface area (Å²) in [6.07, 6.45) is 0.546. The molecule has 15 heavy (non-hydrogen) atoms. The summed E-state index contributed by atoms with van der Waals surface area (Å²) >= 11 is 0. The Morgan fingerprint density at radius 3 is 2.93 bits per heavy atom. The number of aliphatic hydroxyl groups excluding tert-OH is 1. The van der Waals surface area contributed by atoms with Crippen molar-refractivity contribution >= 4 is 17.3 Å². The molecule has 0 fully saturated rings. The highest BCUT2D eigenvalue weighted by Gasteiger charge is 2.08. The first-order chi connectivity index (χ1) is 7.13. The number of aromatic nitrogens is 1. The largest absolute Gasteiger partial charge is 0.396 e. The van der Waals surface area contributed by atoms with Crippen LogP contribution in [-0.4, -0.2) is 28.2 Å². The number of nitrogen functional groups attached to an aromatic ring is 1. The molecular weight excluding hydrogens is 200 g/mol. The molecule has 1 aromatic rings. The SMILES string of the molecule is Nc1cc([N+](=O)[O-])cc(NCCCO)n1. The zero-order valence-electron chi connectivity index (χ0n) is 8.01. The van der Waals surface area contributed by atoms with Crippen LogP contribution in [0.3, 0.4) is 0 Å². The molecule has 7 heteroatoms. The van der Waals surface area contributed by atoms with E-state index in [1.807, 2.05) is 0 Å². The Kier molecular flexibility index (Phi) is 3.81. The van der Waals surface area contributed by atoms with Gasteiger partial charge in [0.15, 0.2) is 0 Å². The Morgan fingerprint density at radius 1 is 1.60 bits per heavy atom. The topological polar surface area (TPSA) is 114 Å². The molecule has 0 aromatic carbocycles. The van der Waals surface area contributed by atoms with Gasteiger partial charge in [-0.2, -0.15) is 0 Å². The number of anilines is 2. The molecule has 1 aromatic heterocycles. The van der Waals surface area contributed by atoms with Gasteiger partial charge in [-0.05, 0) is 6.42 Å². The van der Waals surface area contributed by atoms with Gasteiger partial charge in [0.1, 0.15) is 11.6 Å². The number of hydrogen-bond acceptors (Lipinski definition) is 6. The van der Waals surface area contributed by atoms with Crippen molar-refractivity contribution in [2.45, 2.75) is 6.42 Å². The number of nitrogens with two attached hydrogens (primary N) is 1. The molecule has 0 aliphatic rings. The van der Waals surface area contributed by atoms with E-state index >= 15 is 0 Å². The van der Waals surface area contributed by atoms with Crippen molar-refractivity contribution in [1.82, 2.24) is 4.98 Å². The van der Waals surface area contributed by atoms with Crippen molar-refractivity contribution in [2.75, 3.05) is 24.2 Å². The third kappa shape index (κ3) is 3.39. The van der Waals surface area contributed by atoms with Gasteiger partial charge in [0.25, 0.3) is 5.69 Å². The first-order valence-electron chi connectivity index (χ1n) is 4.40. The molecular formula is C8H12N4O3. The van der Waals surface area contributed by atoms with E-state index in [-0.39, 0.29) is 18.1 Å². The third-order valence-corrected chi connectivity index (χ3v) is 1.68. The van der Waals surface area contributed by atoms with E-state index in [4.69, 9.17) is 10.8 Å². The van der Waals surface area contributed by atoms with Crippen LogP contribution in [-0.2, 0) is 0 Å². The van der Waals surface area contributed by atoms with Crippen molar-refractivity contribution in [3.05, 3.63) is 22.2 Å². The second-order valence-corrected chi connectivity index (χ2v) is 2.90. The fourth-order valence-electron chi connectivity index (χ4n) is 1.03. The lowest BCUT2D eigenvalue weighted by atomic mass is 10.3. The monoisotopic (exact) mass is 212 g/mol. The summed E-state index contributed by atoms with van der Waals surface area (Å²) in [5, 5.41) is 21.9. The van der Waals surface area contributed by atoms with Crippen LogP contribution in [0.5, 0.6) is 0 Å². The lowest BCUT2D eigenvalue weighted by Crippen LogP contribution is -2.06. The number of rotatable bonds is 5. The molecule has 0 aliphatic carbocycles. The highest BCUT2D eigenvalue weighted by atomic mass is 16.6. The van der Waals surface area contributed by atoms with Crippen LogP contribution < -0.4 is 11.1 Å². The molecule has 1 heterocycles. The highest BCUT2D eigenvalue weighted by Crippen LogP contribution is 2.18. The van der Waals surface area contributed by atoms with Gasteiger partial charge in [0.2, 0.25) is 0 Å². The predicted octanol–water partition coefficient (Wildman–Crippen LogP) is 0.366. The normalized spacial score (nSPS) is 9.93. The molecule has 7 nitrogen and oxygen atoms in total. The van der Waals surface area contributed by atoms with Gasteiger partial charge < -0.3 is 16.2 Å². The average Bonchev–Trinajstić information content (AvgIpc) is 2.17. The number of nitrogens with one attached hydrogen (secondary N) is 1. The van der Waals surface area contributed by atoms with E-state index in [0.29, 0.717) is 18.8 Å². The maximum atomic E-state index is 10.5. The van der Waals surface area contributed by atoms with Crippen molar-refractivity contribution in [1.29, 1.82) is 0 Å². The number of nitro groups is 1. The van der Waals surface area contributed by atoms with Gasteiger partial charge >= 0.3 is 0 Å². The number of pyridine rings is 1. The minimum absolute atomic E-state index is 0.0530. The minimum Gasteiger partial charge on any atom is -0.396 e. The molecule has 82 valence electrons. The zero-order chi connectivity index (χ0) is 11.3. The summed E-state index contributed by atoms with van der Waals surface area (Å²) in [6.45, 7) is 0.543. The Bertz CT molecular complexity index is 356. The molecule has 0 amide bonds. The maximum Gasteiger partial charge on any atom is 0.276 e. The molecule has 0 saturated carbocycles. The smallest absolute Gasteiger partial charge is 0.276 e. The first kappa shape index (κ1) is 11.2. The van der Waals surface area contributed by atoms with E-state index in [0.717, 1.165) is 0 Å². The second kappa shape index (κ2) is 5.11. The summed E-state index contributed by atoms with van der Waals surface area (Å²) in [7, 11) is 0. The van der Waals surface area contributed by atoms with Crippen molar-refractivity contribution < 1.29 is 10.0 Å². The highest BCUT2D eigenvalue weighted by molar-refractivity contribution is 5.52. The van der Waals surface area contributed by atoms with E-state index in [2.05, 4.69) is 10.3 Å². The standard InChI is InChI=1S/C8H12N4O3/c9-7-4-6(12(14)15)5-8(11-7)10-2-1-3-13/h4-5,13H,1-3H2,(H3,9,10,11). The molecule has 0 saturated heterocycles. The predicted molar refractivity (Wildman–Crippen MR) is 55.5 cm³/mol. The summed E-state index contributed by atoms with van der Waals surface area (Å²) in [5.74, 6) is 0.436. The molecule has 1 rings (SSSR count). The Balaban J connectivity index is 2.75. The van der Waals surface area contributed by atoms with E-state index in [9.17, 15) is 10.1 Å². The van der Waals surface area contributed by atoms with Crippen LogP contribution in [0.1, 0.15) is 6.42 Å². The Labute approximate surface area is 86.1 Å². The van der Waals surface area contributed by atoms with Crippen LogP contribution in [0.15, 0.2) is 12.1 Å². The fourth-order valence-corrected chi connectivity index (χ4v) is 1.03. The Hall–Kier alpha value is -1.89. The van der Waals surface area contributed by atoms with Gasteiger partial charge in [-0.25, -0.2) is 4.98 Å². The van der Waals surface area contributed by atoms with Gasteiger partial charge in [0.05, 0.1) is 17.1 Å². The second-order valence-electron chi connectivity index (χ2n) is 2.90. The molecule has 0 bridgehead atoms. The Morgan fingerprint density at radius 2 is 2.33 bits per heavy atom. The lowest BCUT2D eigenvalue weighted by molar-refractivity contribution is -0.384. The van der Waals surface area contributed by atoms with Crippen LogP contribution in [0, 0.1) is 10.1 Å². The molecule has 4 N–H and O–H groups in total. The fraction of sp³-hybridized carbons (Fsp3) is 0.375. The summed E-state index contributed by atoms with van der Waals surface area (Å²) < 4.78 is 0. The molecule has 0 atom stereocenters. The zero-order valence-corrected chi connectivity index (χ0v) is 8.01. The molecule has 0 radical (unpaired) electrons. The molecule has 0 spiro atoms. The van der Waals surface area contributed by atoms with Crippen molar-refractivity contribution in [3.8, 4) is 0 Å².